The molecule has 0 aromatic carbocycles. The number of amides is 1. The smallest absolute Gasteiger partial charge is 0.224 e. The van der Waals surface area contributed by atoms with Gasteiger partial charge >= 0.3 is 0 Å². The first-order valence-corrected chi connectivity index (χ1v) is 5.39. The van der Waals surface area contributed by atoms with Gasteiger partial charge < -0.3 is 15.7 Å². The van der Waals surface area contributed by atoms with Crippen molar-refractivity contribution >= 4 is 5.91 Å². The van der Waals surface area contributed by atoms with E-state index < -0.39 is 0 Å². The lowest BCUT2D eigenvalue weighted by atomic mass is 9.98. The Morgan fingerprint density at radius 1 is 1.57 bits per heavy atom. The summed E-state index contributed by atoms with van der Waals surface area (Å²) in [5.74, 6) is 0.219. The fourth-order valence-electron chi connectivity index (χ4n) is 1.91. The van der Waals surface area contributed by atoms with E-state index in [0.29, 0.717) is 0 Å². The highest BCUT2D eigenvalue weighted by Crippen LogP contribution is 2.35. The summed E-state index contributed by atoms with van der Waals surface area (Å²) in [6, 6.07) is 0. The van der Waals surface area contributed by atoms with E-state index in [0.717, 1.165) is 38.8 Å². The Morgan fingerprint density at radius 2 is 2.36 bits per heavy atom. The lowest BCUT2D eigenvalue weighted by Gasteiger charge is -2.24. The second kappa shape index (κ2) is 3.87. The van der Waals surface area contributed by atoms with Gasteiger partial charge in [-0.25, -0.2) is 0 Å². The first kappa shape index (κ1) is 9.93. The van der Waals surface area contributed by atoms with E-state index in [4.69, 9.17) is 5.11 Å². The summed E-state index contributed by atoms with van der Waals surface area (Å²) in [7, 11) is 0. The third kappa shape index (κ3) is 2.07. The van der Waals surface area contributed by atoms with E-state index in [1.807, 2.05) is 0 Å². The molecule has 2 fully saturated rings. The summed E-state index contributed by atoms with van der Waals surface area (Å²) < 4.78 is 0. The minimum Gasteiger partial charge on any atom is -0.394 e. The van der Waals surface area contributed by atoms with Crippen LogP contribution in [-0.4, -0.2) is 36.2 Å². The Hall–Kier alpha value is -0.610. The minimum atomic E-state index is -0.255. The largest absolute Gasteiger partial charge is 0.394 e. The molecule has 3 N–H and O–H groups in total. The minimum absolute atomic E-state index is 0.0822. The van der Waals surface area contributed by atoms with Crippen molar-refractivity contribution < 1.29 is 9.90 Å². The molecule has 1 atom stereocenters. The Bertz CT molecular complexity index is 220. The number of carbonyl (C=O) groups is 1. The number of piperidine rings is 1. The molecule has 0 bridgehead atoms. The van der Waals surface area contributed by atoms with Crippen LogP contribution in [-0.2, 0) is 4.79 Å². The van der Waals surface area contributed by atoms with E-state index in [-0.39, 0.29) is 24.0 Å². The Balaban J connectivity index is 1.82. The summed E-state index contributed by atoms with van der Waals surface area (Å²) >= 11 is 0. The lowest BCUT2D eigenvalue weighted by Crippen LogP contribution is -2.46. The molecule has 1 aliphatic carbocycles. The summed E-state index contributed by atoms with van der Waals surface area (Å²) in [6.45, 7) is 1.89. The van der Waals surface area contributed by atoms with E-state index in [9.17, 15) is 4.79 Å². The quantitative estimate of drug-likeness (QED) is 0.579. The maximum absolute atomic E-state index is 11.8. The van der Waals surface area contributed by atoms with Gasteiger partial charge in [0, 0.05) is 6.54 Å². The van der Waals surface area contributed by atoms with Crippen molar-refractivity contribution in [1.29, 1.82) is 0 Å². The molecule has 0 aromatic heterocycles. The Kier molecular flexibility index (Phi) is 2.74. The van der Waals surface area contributed by atoms with E-state index in [1.54, 1.807) is 0 Å². The average molecular weight is 198 g/mol. The third-order valence-corrected chi connectivity index (χ3v) is 3.21. The van der Waals surface area contributed by atoms with Crippen LogP contribution in [0.25, 0.3) is 0 Å². The number of carbonyl (C=O) groups excluding carboxylic acids is 1. The maximum atomic E-state index is 11.8. The lowest BCUT2D eigenvalue weighted by molar-refractivity contribution is -0.126. The molecule has 1 saturated heterocycles. The van der Waals surface area contributed by atoms with Crippen LogP contribution in [0.1, 0.15) is 25.7 Å². The van der Waals surface area contributed by atoms with Crippen molar-refractivity contribution in [3.63, 3.8) is 0 Å². The van der Waals surface area contributed by atoms with Crippen LogP contribution in [0.5, 0.6) is 0 Å². The van der Waals surface area contributed by atoms with Crippen molar-refractivity contribution in [2.75, 3.05) is 19.7 Å². The summed E-state index contributed by atoms with van der Waals surface area (Å²) in [4.78, 5) is 11.8. The summed E-state index contributed by atoms with van der Waals surface area (Å²) in [5, 5.41) is 15.2. The molecular formula is C10H18N2O2. The number of rotatable bonds is 3. The zero-order valence-electron chi connectivity index (χ0n) is 8.38. The molecule has 4 nitrogen and oxygen atoms in total. The molecular weight excluding hydrogens is 180 g/mol. The van der Waals surface area contributed by atoms with Gasteiger partial charge in [0.15, 0.2) is 0 Å². The monoisotopic (exact) mass is 198 g/mol. The topological polar surface area (TPSA) is 61.4 Å². The SMILES string of the molecule is O=C(NC1(CO)CC1)[C@H]1CCCNC1. The molecule has 0 spiro atoms. The Morgan fingerprint density at radius 3 is 2.86 bits per heavy atom. The van der Waals surface area contributed by atoms with Crippen LogP contribution in [0.3, 0.4) is 0 Å². The van der Waals surface area contributed by atoms with Gasteiger partial charge in [-0.3, -0.25) is 4.79 Å². The molecule has 2 aliphatic rings. The first-order chi connectivity index (χ1) is 6.76. The second-order valence-corrected chi connectivity index (χ2v) is 4.47. The first-order valence-electron chi connectivity index (χ1n) is 5.39. The van der Waals surface area contributed by atoms with Crippen molar-refractivity contribution in [3.8, 4) is 0 Å². The molecule has 14 heavy (non-hydrogen) atoms. The van der Waals surface area contributed by atoms with Gasteiger partial charge in [-0.1, -0.05) is 0 Å². The number of hydrogen-bond donors (Lipinski definition) is 3. The molecule has 1 saturated carbocycles. The zero-order valence-corrected chi connectivity index (χ0v) is 8.38. The van der Waals surface area contributed by atoms with Crippen molar-refractivity contribution in [1.82, 2.24) is 10.6 Å². The van der Waals surface area contributed by atoms with Gasteiger partial charge in [-0.05, 0) is 32.2 Å². The molecule has 0 radical (unpaired) electrons. The van der Waals surface area contributed by atoms with Gasteiger partial charge in [-0.2, -0.15) is 0 Å². The zero-order chi connectivity index (χ0) is 10.0. The fraction of sp³-hybridized carbons (Fsp3) is 0.900. The Labute approximate surface area is 84.1 Å². The number of aliphatic hydroxyl groups is 1. The van der Waals surface area contributed by atoms with Gasteiger partial charge in [0.1, 0.15) is 0 Å². The molecule has 1 heterocycles. The third-order valence-electron chi connectivity index (χ3n) is 3.21. The fourth-order valence-corrected chi connectivity index (χ4v) is 1.91. The van der Waals surface area contributed by atoms with Crippen LogP contribution >= 0.6 is 0 Å². The van der Waals surface area contributed by atoms with E-state index in [2.05, 4.69) is 10.6 Å². The highest BCUT2D eigenvalue weighted by atomic mass is 16.3. The molecule has 2 rings (SSSR count). The predicted octanol–water partition coefficient (Wildman–Crippen LogP) is -0.373. The van der Waals surface area contributed by atoms with Crippen molar-refractivity contribution in [2.24, 2.45) is 5.92 Å². The highest BCUT2D eigenvalue weighted by Gasteiger charge is 2.44. The normalized spacial score (nSPS) is 29.6. The van der Waals surface area contributed by atoms with Crippen LogP contribution in [0, 0.1) is 5.92 Å². The van der Waals surface area contributed by atoms with Gasteiger partial charge in [-0.15, -0.1) is 0 Å². The average Bonchev–Trinajstić information content (AvgIpc) is 3.00. The van der Waals surface area contributed by atoms with Crippen LogP contribution in [0.2, 0.25) is 0 Å². The van der Waals surface area contributed by atoms with Crippen molar-refractivity contribution in [2.45, 2.75) is 31.2 Å². The standard InChI is InChI=1S/C10H18N2O2/c13-7-10(3-4-10)12-9(14)8-2-1-5-11-6-8/h8,11,13H,1-7H2,(H,12,14)/t8-/m0/s1. The molecule has 4 heteroatoms. The summed E-state index contributed by atoms with van der Waals surface area (Å²) in [6.07, 6.45) is 3.90. The van der Waals surface area contributed by atoms with Gasteiger partial charge in [0.25, 0.3) is 0 Å². The van der Waals surface area contributed by atoms with Crippen molar-refractivity contribution in [3.05, 3.63) is 0 Å². The number of hydrogen-bond acceptors (Lipinski definition) is 3. The number of nitrogens with one attached hydrogen (secondary N) is 2. The van der Waals surface area contributed by atoms with Gasteiger partial charge in [0.2, 0.25) is 5.91 Å². The molecule has 0 unspecified atom stereocenters. The summed E-state index contributed by atoms with van der Waals surface area (Å²) in [5.41, 5.74) is -0.255. The maximum Gasteiger partial charge on any atom is 0.224 e. The molecule has 1 amide bonds. The second-order valence-electron chi connectivity index (χ2n) is 4.47. The number of aliphatic hydroxyl groups excluding tert-OH is 1. The molecule has 0 aromatic rings. The van der Waals surface area contributed by atoms with E-state index in [1.165, 1.54) is 0 Å². The van der Waals surface area contributed by atoms with Crippen LogP contribution in [0.15, 0.2) is 0 Å². The van der Waals surface area contributed by atoms with Gasteiger partial charge in [0.05, 0.1) is 18.1 Å². The van der Waals surface area contributed by atoms with Crippen LogP contribution < -0.4 is 10.6 Å². The molecule has 80 valence electrons. The van der Waals surface area contributed by atoms with Crippen LogP contribution in [0.4, 0.5) is 0 Å². The highest BCUT2D eigenvalue weighted by molar-refractivity contribution is 5.80. The van der Waals surface area contributed by atoms with E-state index >= 15 is 0 Å². The molecule has 1 aliphatic heterocycles. The predicted molar refractivity (Wildman–Crippen MR) is 52.8 cm³/mol.